The van der Waals surface area contributed by atoms with E-state index in [-0.39, 0.29) is 22.7 Å². The van der Waals surface area contributed by atoms with Crippen molar-refractivity contribution in [3.05, 3.63) is 12.7 Å². The molecular weight excluding hydrogens is 460 g/mol. The fourth-order valence-corrected chi connectivity index (χ4v) is 4.87. The zero-order chi connectivity index (χ0) is 22.0. The van der Waals surface area contributed by atoms with Crippen LogP contribution in [0.2, 0.25) is 0 Å². The number of rotatable bonds is 21. The second-order valence-electron chi connectivity index (χ2n) is 9.36. The second-order valence-corrected chi connectivity index (χ2v) is 11.6. The van der Waals surface area contributed by atoms with Crippen molar-refractivity contribution < 1.29 is 29.9 Å². The number of hydrogen-bond donors (Lipinski definition) is 0. The highest BCUT2D eigenvalue weighted by Crippen LogP contribution is 2.13. The molecule has 4 nitrogen and oxygen atoms in total. The van der Waals surface area contributed by atoms with Crippen molar-refractivity contribution in [2.75, 3.05) is 46.5 Å². The highest BCUT2D eigenvalue weighted by atomic mass is 79.9. The summed E-state index contributed by atoms with van der Waals surface area (Å²) in [6, 6.07) is 0. The molecule has 0 saturated carbocycles. The molecule has 0 radical (unpaired) electrons. The molecule has 0 N–H and O–H groups in total. The van der Waals surface area contributed by atoms with E-state index in [0.29, 0.717) is 6.54 Å². The van der Waals surface area contributed by atoms with Gasteiger partial charge in [0.15, 0.2) is 0 Å². The number of nitrogens with zero attached hydrogens (tertiary/aromatic N) is 2. The Morgan fingerprint density at radius 3 is 1.60 bits per heavy atom. The Bertz CT molecular complexity index is 495. The lowest BCUT2D eigenvalue weighted by Gasteiger charge is -2.30. The minimum absolute atomic E-state index is 0. The number of quaternary nitrogens is 1. The molecule has 0 rings (SSSR count). The molecule has 0 heterocycles. The van der Waals surface area contributed by atoms with Crippen LogP contribution in [0.1, 0.15) is 96.8 Å². The molecule has 0 aromatic carbocycles. The maximum Gasteiger partial charge on any atom is 0.214 e. The molecule has 0 saturated heterocycles. The Morgan fingerprint density at radius 2 is 1.20 bits per heavy atom. The van der Waals surface area contributed by atoms with Crippen molar-refractivity contribution in [2.24, 2.45) is 0 Å². The Morgan fingerprint density at radius 1 is 0.800 bits per heavy atom. The van der Waals surface area contributed by atoms with E-state index in [1.165, 1.54) is 77.0 Å². The van der Waals surface area contributed by atoms with Gasteiger partial charge in [0.25, 0.3) is 0 Å². The summed E-state index contributed by atoms with van der Waals surface area (Å²) in [6.45, 7) is 8.28. The maximum absolute atomic E-state index is 12.4. The van der Waals surface area contributed by atoms with E-state index in [1.54, 1.807) is 11.4 Å². The minimum Gasteiger partial charge on any atom is -1.00 e. The zero-order valence-electron chi connectivity index (χ0n) is 20.5. The van der Waals surface area contributed by atoms with Crippen LogP contribution in [-0.4, -0.2) is 63.7 Å². The number of unbranched alkanes of at least 4 members (excludes halogenated alkanes) is 13. The SMILES string of the molecule is C=CC[N+](C)(C)CCN(C)S(=O)(=O)CCCCCCCCCCCCCCCC.[Br-]. The van der Waals surface area contributed by atoms with Crippen LogP contribution in [0.25, 0.3) is 0 Å². The average Bonchev–Trinajstić information content (AvgIpc) is 2.66. The van der Waals surface area contributed by atoms with Gasteiger partial charge in [-0.25, -0.2) is 8.42 Å². The van der Waals surface area contributed by atoms with Crippen molar-refractivity contribution in [1.29, 1.82) is 0 Å². The van der Waals surface area contributed by atoms with Crippen molar-refractivity contribution in [3.8, 4) is 0 Å². The number of halogens is 1. The van der Waals surface area contributed by atoms with Crippen molar-refractivity contribution >= 4 is 10.0 Å². The summed E-state index contributed by atoms with van der Waals surface area (Å²) < 4.78 is 27.2. The number of likely N-dealkylation sites (N-methyl/N-ethyl adjacent to an activating group) is 2. The fourth-order valence-electron chi connectivity index (χ4n) is 3.63. The van der Waals surface area contributed by atoms with E-state index in [4.69, 9.17) is 0 Å². The summed E-state index contributed by atoms with van der Waals surface area (Å²) in [7, 11) is 2.81. The summed E-state index contributed by atoms with van der Waals surface area (Å²) in [4.78, 5) is 0. The summed E-state index contributed by atoms with van der Waals surface area (Å²) in [5, 5.41) is 0. The molecule has 0 aliphatic rings. The highest BCUT2D eigenvalue weighted by Gasteiger charge is 2.21. The van der Waals surface area contributed by atoms with E-state index >= 15 is 0 Å². The van der Waals surface area contributed by atoms with Crippen molar-refractivity contribution in [3.63, 3.8) is 0 Å². The summed E-state index contributed by atoms with van der Waals surface area (Å²) in [5.41, 5.74) is 0. The van der Waals surface area contributed by atoms with Gasteiger partial charge in [-0.15, -0.1) is 0 Å². The van der Waals surface area contributed by atoms with Gasteiger partial charge in [0.1, 0.15) is 0 Å². The van der Waals surface area contributed by atoms with E-state index in [9.17, 15) is 8.42 Å². The number of hydrogen-bond acceptors (Lipinski definition) is 2. The smallest absolute Gasteiger partial charge is 0.214 e. The molecule has 0 spiro atoms. The lowest BCUT2D eigenvalue weighted by Crippen LogP contribution is -3.00. The molecule has 182 valence electrons. The largest absolute Gasteiger partial charge is 1.00 e. The molecule has 0 atom stereocenters. The molecule has 0 amide bonds. The lowest BCUT2D eigenvalue weighted by molar-refractivity contribution is -0.883. The van der Waals surface area contributed by atoms with Gasteiger partial charge >= 0.3 is 0 Å². The Labute approximate surface area is 199 Å². The molecule has 0 aliphatic carbocycles. The normalized spacial score (nSPS) is 12.2. The Balaban J connectivity index is 0. The summed E-state index contributed by atoms with van der Waals surface area (Å²) in [5.74, 6) is 0.288. The average molecular weight is 512 g/mol. The zero-order valence-corrected chi connectivity index (χ0v) is 22.9. The third-order valence-electron chi connectivity index (χ3n) is 5.87. The van der Waals surface area contributed by atoms with Crippen molar-refractivity contribution in [2.45, 2.75) is 96.8 Å². The first-order chi connectivity index (χ1) is 13.7. The van der Waals surface area contributed by atoms with E-state index in [2.05, 4.69) is 27.6 Å². The molecule has 0 aliphatic heterocycles. The van der Waals surface area contributed by atoms with Gasteiger partial charge in [-0.05, 0) is 12.5 Å². The van der Waals surface area contributed by atoms with Gasteiger partial charge in [0.05, 0.1) is 39.5 Å². The van der Waals surface area contributed by atoms with Gasteiger partial charge in [-0.1, -0.05) is 97.0 Å². The van der Waals surface area contributed by atoms with Crippen LogP contribution >= 0.6 is 0 Å². The van der Waals surface area contributed by atoms with Crippen LogP contribution in [0.15, 0.2) is 12.7 Å². The molecule has 0 aromatic heterocycles. The van der Waals surface area contributed by atoms with Crippen molar-refractivity contribution in [1.82, 2.24) is 4.31 Å². The monoisotopic (exact) mass is 510 g/mol. The standard InChI is InChI=1S/C24H51N2O2S.BrH/c1-6-8-9-10-11-12-13-14-15-16-17-18-19-20-24-29(27,28)25(3)21-23-26(4,5)22-7-2;/h7H,2,6,8-24H2,1,3-5H3;1H/q+1;/p-1. The first-order valence-electron chi connectivity index (χ1n) is 12.1. The maximum atomic E-state index is 12.4. The minimum atomic E-state index is -3.12. The highest BCUT2D eigenvalue weighted by molar-refractivity contribution is 7.89. The molecule has 6 heteroatoms. The quantitative estimate of drug-likeness (QED) is 0.135. The van der Waals surface area contributed by atoms with E-state index in [1.807, 2.05) is 6.08 Å². The topological polar surface area (TPSA) is 37.4 Å². The van der Waals surface area contributed by atoms with Gasteiger partial charge in [-0.3, -0.25) is 0 Å². The first kappa shape index (κ1) is 32.3. The molecule has 0 bridgehead atoms. The molecule has 0 fully saturated rings. The second kappa shape index (κ2) is 19.8. The molecule has 30 heavy (non-hydrogen) atoms. The predicted molar refractivity (Wildman–Crippen MR) is 129 cm³/mol. The lowest BCUT2D eigenvalue weighted by atomic mass is 10.0. The molecule has 0 aromatic rings. The third kappa shape index (κ3) is 18.8. The van der Waals surface area contributed by atoms with Gasteiger partial charge < -0.3 is 21.5 Å². The van der Waals surface area contributed by atoms with Gasteiger partial charge in [0.2, 0.25) is 10.0 Å². The summed E-state index contributed by atoms with van der Waals surface area (Å²) >= 11 is 0. The van der Waals surface area contributed by atoms with Crippen LogP contribution in [0, 0.1) is 0 Å². The molecular formula is C24H51BrN2O2S. The Hall–Kier alpha value is 0.0900. The summed E-state index contributed by atoms with van der Waals surface area (Å²) in [6.07, 6.45) is 19.9. The molecule has 0 unspecified atom stereocenters. The van der Waals surface area contributed by atoms with Gasteiger partial charge in [0, 0.05) is 7.05 Å². The van der Waals surface area contributed by atoms with Crippen LogP contribution < -0.4 is 17.0 Å². The first-order valence-corrected chi connectivity index (χ1v) is 13.7. The van der Waals surface area contributed by atoms with E-state index < -0.39 is 10.0 Å². The van der Waals surface area contributed by atoms with Gasteiger partial charge in [-0.2, -0.15) is 4.31 Å². The van der Waals surface area contributed by atoms with Crippen LogP contribution in [0.5, 0.6) is 0 Å². The number of sulfonamides is 1. The van der Waals surface area contributed by atoms with Crippen LogP contribution in [0.4, 0.5) is 0 Å². The van der Waals surface area contributed by atoms with Crippen LogP contribution in [0.3, 0.4) is 0 Å². The predicted octanol–water partition coefficient (Wildman–Crippen LogP) is 3.00. The Kier molecular flexibility index (Phi) is 21.2. The third-order valence-corrected chi connectivity index (χ3v) is 7.81. The van der Waals surface area contributed by atoms with Crippen LogP contribution in [-0.2, 0) is 10.0 Å². The fraction of sp³-hybridized carbons (Fsp3) is 0.917. The van der Waals surface area contributed by atoms with E-state index in [0.717, 1.165) is 30.4 Å².